The largest absolute Gasteiger partial charge is 0.477 e. The van der Waals surface area contributed by atoms with Crippen molar-refractivity contribution < 1.29 is 19.4 Å². The van der Waals surface area contributed by atoms with E-state index in [-0.39, 0.29) is 24.0 Å². The average molecular weight is 460 g/mol. The third-order valence-electron chi connectivity index (χ3n) is 7.72. The van der Waals surface area contributed by atoms with Gasteiger partial charge in [-0.05, 0) is 94.6 Å². The number of methoxy groups -OCH3 is 1. The third kappa shape index (κ3) is 5.12. The molecule has 176 valence electrons. The molecule has 0 unspecified atom stereocenters. The van der Waals surface area contributed by atoms with Crippen LogP contribution in [0.3, 0.4) is 0 Å². The number of nitrogens with zero attached hydrogens (tertiary/aromatic N) is 1. The molecule has 0 aliphatic heterocycles. The number of anilines is 1. The molecule has 3 aliphatic rings. The van der Waals surface area contributed by atoms with Gasteiger partial charge in [0, 0.05) is 23.9 Å². The van der Waals surface area contributed by atoms with Gasteiger partial charge in [-0.3, -0.25) is 4.79 Å². The molecule has 0 radical (unpaired) electrons. The summed E-state index contributed by atoms with van der Waals surface area (Å²) in [6.45, 7) is 2.26. The summed E-state index contributed by atoms with van der Waals surface area (Å²) in [5.74, 6) is -0.106. The van der Waals surface area contributed by atoms with E-state index in [0.29, 0.717) is 16.5 Å². The number of thiophene rings is 1. The van der Waals surface area contributed by atoms with E-state index in [1.807, 2.05) is 11.0 Å². The van der Waals surface area contributed by atoms with E-state index in [2.05, 4.69) is 13.0 Å². The first kappa shape index (κ1) is 23.5. The molecule has 2 fully saturated rings. The van der Waals surface area contributed by atoms with Gasteiger partial charge in [0.25, 0.3) is 0 Å². The number of hydrogen-bond donors (Lipinski definition) is 1. The monoisotopic (exact) mass is 459 g/mol. The number of amides is 1. The summed E-state index contributed by atoms with van der Waals surface area (Å²) in [5.41, 5.74) is 1.88. The van der Waals surface area contributed by atoms with Crippen molar-refractivity contribution in [1.82, 2.24) is 0 Å². The third-order valence-corrected chi connectivity index (χ3v) is 8.91. The maximum Gasteiger partial charge on any atom is 0.348 e. The summed E-state index contributed by atoms with van der Waals surface area (Å²) >= 11 is 1.35. The number of carbonyl (C=O) groups is 2. The van der Waals surface area contributed by atoms with Crippen LogP contribution in [0.5, 0.6) is 0 Å². The summed E-state index contributed by atoms with van der Waals surface area (Å²) in [5, 5.41) is 10.1. The number of aromatic carboxylic acids is 1. The number of carboxylic acids is 1. The minimum atomic E-state index is -0.923. The molecule has 4 rings (SSSR count). The Morgan fingerprint density at radius 2 is 1.78 bits per heavy atom. The van der Waals surface area contributed by atoms with Crippen LogP contribution in [0.15, 0.2) is 12.1 Å². The molecule has 32 heavy (non-hydrogen) atoms. The fourth-order valence-corrected chi connectivity index (χ4v) is 6.73. The Hall–Kier alpha value is -1.66. The molecule has 0 saturated heterocycles. The van der Waals surface area contributed by atoms with Gasteiger partial charge < -0.3 is 14.7 Å². The Morgan fingerprint density at radius 1 is 1.06 bits per heavy atom. The molecule has 0 atom stereocenters. The molecule has 0 aromatic carbocycles. The molecule has 1 N–H and O–H groups in total. The van der Waals surface area contributed by atoms with Crippen LogP contribution in [-0.2, 0) is 9.53 Å². The Morgan fingerprint density at radius 3 is 2.38 bits per heavy atom. The van der Waals surface area contributed by atoms with Crippen LogP contribution < -0.4 is 4.90 Å². The number of hydrogen-bond acceptors (Lipinski definition) is 4. The van der Waals surface area contributed by atoms with Crippen molar-refractivity contribution in [3.63, 3.8) is 0 Å². The molecule has 1 heterocycles. The van der Waals surface area contributed by atoms with E-state index >= 15 is 0 Å². The molecule has 0 bridgehead atoms. The predicted octanol–water partition coefficient (Wildman–Crippen LogP) is 6.52. The zero-order chi connectivity index (χ0) is 22.7. The first-order valence-electron chi connectivity index (χ1n) is 12.4. The Kier molecular flexibility index (Phi) is 7.72. The smallest absolute Gasteiger partial charge is 0.348 e. The van der Waals surface area contributed by atoms with Gasteiger partial charge in [-0.25, -0.2) is 4.79 Å². The minimum Gasteiger partial charge on any atom is -0.477 e. The number of rotatable bonds is 6. The molecule has 6 heteroatoms. The second-order valence-corrected chi connectivity index (χ2v) is 11.0. The molecule has 1 aromatic rings. The van der Waals surface area contributed by atoms with Gasteiger partial charge in [-0.15, -0.1) is 11.3 Å². The summed E-state index contributed by atoms with van der Waals surface area (Å²) in [4.78, 5) is 29.4. The van der Waals surface area contributed by atoms with Crippen LogP contribution in [0.2, 0.25) is 0 Å². The van der Waals surface area contributed by atoms with Crippen molar-refractivity contribution in [3.8, 4) is 0 Å². The van der Waals surface area contributed by atoms with Gasteiger partial charge in [0.15, 0.2) is 0 Å². The van der Waals surface area contributed by atoms with Crippen LogP contribution in [-0.4, -0.2) is 36.2 Å². The van der Waals surface area contributed by atoms with Crippen molar-refractivity contribution in [2.24, 2.45) is 11.8 Å². The van der Waals surface area contributed by atoms with E-state index in [9.17, 15) is 14.7 Å². The highest BCUT2D eigenvalue weighted by atomic mass is 32.1. The molecule has 3 aliphatic carbocycles. The number of carbonyl (C=O) groups excluding carboxylic acids is 1. The van der Waals surface area contributed by atoms with Crippen LogP contribution in [0.25, 0.3) is 5.57 Å². The lowest BCUT2D eigenvalue weighted by atomic mass is 9.81. The summed E-state index contributed by atoms with van der Waals surface area (Å²) in [6.07, 6.45) is 14.4. The SMILES string of the molecule is COC1CCC(N(C(=O)C2CCC(C)CC2)c2cc(C3=CCCCC3)sc2C(=O)O)CC1. The number of ether oxygens (including phenoxy) is 1. The highest BCUT2D eigenvalue weighted by molar-refractivity contribution is 7.15. The van der Waals surface area contributed by atoms with Gasteiger partial charge in [0.2, 0.25) is 5.91 Å². The maximum atomic E-state index is 13.9. The lowest BCUT2D eigenvalue weighted by Crippen LogP contribution is -2.47. The van der Waals surface area contributed by atoms with E-state index < -0.39 is 5.97 Å². The van der Waals surface area contributed by atoms with E-state index in [0.717, 1.165) is 75.5 Å². The standard InChI is InChI=1S/C26H37NO4S/c1-17-8-10-19(11-9-17)25(28)27(20-12-14-21(31-2)15-13-20)22-16-23(32-24(22)26(29)30)18-6-4-3-5-7-18/h6,16-17,19-21H,3-5,7-15H2,1-2H3,(H,29,30). The lowest BCUT2D eigenvalue weighted by Gasteiger charge is -2.39. The topological polar surface area (TPSA) is 66.8 Å². The first-order chi connectivity index (χ1) is 15.5. The van der Waals surface area contributed by atoms with Crippen molar-refractivity contribution in [1.29, 1.82) is 0 Å². The lowest BCUT2D eigenvalue weighted by molar-refractivity contribution is -0.124. The first-order valence-corrected chi connectivity index (χ1v) is 13.2. The minimum absolute atomic E-state index is 0.00485. The molecule has 0 spiro atoms. The molecular weight excluding hydrogens is 422 g/mol. The fourth-order valence-electron chi connectivity index (χ4n) is 5.67. The van der Waals surface area contributed by atoms with Gasteiger partial charge in [-0.2, -0.15) is 0 Å². The van der Waals surface area contributed by atoms with E-state index in [1.165, 1.54) is 23.3 Å². The second-order valence-electron chi connectivity index (χ2n) is 9.94. The molecule has 1 amide bonds. The van der Waals surface area contributed by atoms with E-state index in [4.69, 9.17) is 4.74 Å². The fraction of sp³-hybridized carbons (Fsp3) is 0.692. The maximum absolute atomic E-state index is 13.9. The molecule has 5 nitrogen and oxygen atoms in total. The molecular formula is C26H37NO4S. The van der Waals surface area contributed by atoms with Gasteiger partial charge in [0.1, 0.15) is 4.88 Å². The zero-order valence-electron chi connectivity index (χ0n) is 19.5. The highest BCUT2D eigenvalue weighted by Gasteiger charge is 2.37. The molecule has 2 saturated carbocycles. The summed E-state index contributed by atoms with van der Waals surface area (Å²) < 4.78 is 5.56. The summed E-state index contributed by atoms with van der Waals surface area (Å²) in [6, 6.07) is 2.06. The van der Waals surface area contributed by atoms with Crippen LogP contribution in [0.4, 0.5) is 5.69 Å². The van der Waals surface area contributed by atoms with Crippen LogP contribution >= 0.6 is 11.3 Å². The van der Waals surface area contributed by atoms with Crippen molar-refractivity contribution in [2.75, 3.05) is 12.0 Å². The Labute approximate surface area is 195 Å². The summed E-state index contributed by atoms with van der Waals surface area (Å²) in [7, 11) is 1.75. The Balaban J connectivity index is 1.68. The quantitative estimate of drug-likeness (QED) is 0.526. The zero-order valence-corrected chi connectivity index (χ0v) is 20.3. The predicted molar refractivity (Wildman–Crippen MR) is 129 cm³/mol. The molecule has 1 aromatic heterocycles. The van der Waals surface area contributed by atoms with Gasteiger partial charge >= 0.3 is 5.97 Å². The van der Waals surface area contributed by atoms with Gasteiger partial charge in [-0.1, -0.05) is 13.0 Å². The number of allylic oxidation sites excluding steroid dienone is 2. The second kappa shape index (κ2) is 10.5. The van der Waals surface area contributed by atoms with Crippen molar-refractivity contribution >= 4 is 34.5 Å². The van der Waals surface area contributed by atoms with Crippen molar-refractivity contribution in [3.05, 3.63) is 21.9 Å². The van der Waals surface area contributed by atoms with Crippen molar-refractivity contribution in [2.45, 2.75) is 96.1 Å². The Bertz CT molecular complexity index is 844. The van der Waals surface area contributed by atoms with E-state index in [1.54, 1.807) is 7.11 Å². The normalized spacial score (nSPS) is 28.8. The van der Waals surface area contributed by atoms with Crippen LogP contribution in [0.1, 0.15) is 98.5 Å². The average Bonchev–Trinajstić information content (AvgIpc) is 3.26. The number of carboxylic acid groups (broad SMARTS) is 1. The van der Waals surface area contributed by atoms with Crippen LogP contribution in [0, 0.1) is 11.8 Å². The van der Waals surface area contributed by atoms with Gasteiger partial charge in [0.05, 0.1) is 11.8 Å². The highest BCUT2D eigenvalue weighted by Crippen LogP contribution is 2.42.